The van der Waals surface area contributed by atoms with E-state index in [1.54, 1.807) is 26.0 Å². The highest BCUT2D eigenvalue weighted by Crippen LogP contribution is 2.26. The molecule has 1 unspecified atom stereocenters. The first-order valence-electron chi connectivity index (χ1n) is 15.4. The number of aromatic nitrogens is 3. The van der Waals surface area contributed by atoms with Gasteiger partial charge in [0.2, 0.25) is 11.8 Å². The van der Waals surface area contributed by atoms with Gasteiger partial charge in [-0.15, -0.1) is 10.2 Å². The van der Waals surface area contributed by atoms with Gasteiger partial charge in [0.1, 0.15) is 17.3 Å². The maximum Gasteiger partial charge on any atom is 0.227 e. The number of amides is 2. The van der Waals surface area contributed by atoms with Gasteiger partial charge in [-0.3, -0.25) is 14.2 Å². The number of rotatable bonds is 13. The van der Waals surface area contributed by atoms with Gasteiger partial charge in [0.05, 0.1) is 20.6 Å². The van der Waals surface area contributed by atoms with Gasteiger partial charge >= 0.3 is 0 Å². The van der Waals surface area contributed by atoms with Crippen LogP contribution >= 0.6 is 11.8 Å². The van der Waals surface area contributed by atoms with Crippen LogP contribution in [0.15, 0.2) is 84.0 Å². The fraction of sp³-hybridized carbons (Fsp3) is 0.371. The van der Waals surface area contributed by atoms with Crippen LogP contribution in [0.5, 0.6) is 11.5 Å². The quantitative estimate of drug-likeness (QED) is 0.144. The van der Waals surface area contributed by atoms with Crippen molar-refractivity contribution >= 4 is 23.6 Å². The van der Waals surface area contributed by atoms with Gasteiger partial charge in [-0.1, -0.05) is 54.2 Å². The van der Waals surface area contributed by atoms with Crippen LogP contribution in [-0.2, 0) is 22.4 Å². The average molecular weight is 628 g/mol. The summed E-state index contributed by atoms with van der Waals surface area (Å²) in [5.41, 5.74) is 3.12. The summed E-state index contributed by atoms with van der Waals surface area (Å²) >= 11 is 1.66. The molecule has 45 heavy (non-hydrogen) atoms. The molecule has 3 aromatic carbocycles. The topological polar surface area (TPSA) is 89.8 Å². The monoisotopic (exact) mass is 627 g/mol. The third-order valence-electron chi connectivity index (χ3n) is 8.07. The van der Waals surface area contributed by atoms with E-state index in [2.05, 4.69) is 26.9 Å². The number of hydrogen-bond donors (Lipinski definition) is 0. The molecule has 0 saturated carbocycles. The second-order valence-corrected chi connectivity index (χ2v) is 12.3. The van der Waals surface area contributed by atoms with Crippen LogP contribution in [0.2, 0.25) is 0 Å². The molecule has 1 aliphatic heterocycles. The van der Waals surface area contributed by atoms with E-state index < -0.39 is 0 Å². The smallest absolute Gasteiger partial charge is 0.227 e. The third kappa shape index (κ3) is 8.45. The molecule has 2 heterocycles. The largest absolute Gasteiger partial charge is 0.497 e. The van der Waals surface area contributed by atoms with Crippen molar-refractivity contribution in [1.29, 1.82) is 0 Å². The minimum absolute atomic E-state index is 0.0154. The van der Waals surface area contributed by atoms with Crippen molar-refractivity contribution in [3.8, 4) is 17.2 Å². The summed E-state index contributed by atoms with van der Waals surface area (Å²) in [4.78, 5) is 29.8. The second kappa shape index (κ2) is 15.6. The molecular weight excluding hydrogens is 586 g/mol. The summed E-state index contributed by atoms with van der Waals surface area (Å²) in [7, 11) is 3.29. The number of methoxy groups -OCH3 is 2. The first kappa shape index (κ1) is 32.1. The predicted octanol–water partition coefficient (Wildman–Crippen LogP) is 5.44. The maximum absolute atomic E-state index is 13.0. The summed E-state index contributed by atoms with van der Waals surface area (Å²) in [6, 6.07) is 25.8. The molecule has 1 fully saturated rings. The summed E-state index contributed by atoms with van der Waals surface area (Å²) in [6.07, 6.45) is 3.20. The fourth-order valence-corrected chi connectivity index (χ4v) is 6.52. The van der Waals surface area contributed by atoms with E-state index in [1.807, 2.05) is 83.5 Å². The van der Waals surface area contributed by atoms with Crippen molar-refractivity contribution < 1.29 is 19.1 Å². The van der Waals surface area contributed by atoms with Crippen LogP contribution in [0.1, 0.15) is 43.1 Å². The van der Waals surface area contributed by atoms with Crippen LogP contribution in [0.25, 0.3) is 5.69 Å². The zero-order chi connectivity index (χ0) is 31.6. The molecule has 1 aliphatic rings. The van der Waals surface area contributed by atoms with Crippen molar-refractivity contribution in [2.24, 2.45) is 0 Å². The molecule has 0 bridgehead atoms. The normalized spacial score (nSPS) is 14.8. The standard InChI is InChI=1S/C35H41N5O4S/c1-26-25-38(20-21-39(26)34(42)24-28-12-16-30(43-2)17-13-28)33(41)11-7-8-22-45-35-37-36-32(23-27-9-5-4-6-10-27)40(35)29-14-18-31(44-3)19-15-29/h4-6,9-10,12-19,26H,7-8,11,20-25H2,1-3H3. The highest BCUT2D eigenvalue weighted by atomic mass is 32.2. The Bertz CT molecular complexity index is 1540. The van der Waals surface area contributed by atoms with E-state index in [9.17, 15) is 9.59 Å². The van der Waals surface area contributed by atoms with E-state index in [0.717, 1.165) is 52.3 Å². The van der Waals surface area contributed by atoms with Gasteiger partial charge < -0.3 is 19.3 Å². The molecule has 0 aliphatic carbocycles. The number of thioether (sulfide) groups is 1. The molecule has 2 amide bonds. The van der Waals surface area contributed by atoms with Crippen molar-refractivity contribution in [3.05, 3.63) is 95.8 Å². The first-order chi connectivity index (χ1) is 21.9. The number of hydrogen-bond acceptors (Lipinski definition) is 7. The van der Waals surface area contributed by atoms with Gasteiger partial charge in [0.25, 0.3) is 0 Å². The minimum Gasteiger partial charge on any atom is -0.497 e. The fourth-order valence-electron chi connectivity index (χ4n) is 5.55. The minimum atomic E-state index is -0.0154. The van der Waals surface area contributed by atoms with Crippen LogP contribution in [0, 0.1) is 0 Å². The molecule has 5 rings (SSSR count). The lowest BCUT2D eigenvalue weighted by atomic mass is 10.1. The number of ether oxygens (including phenoxy) is 2. The number of carbonyl (C=O) groups is 2. The Kier molecular flexibility index (Phi) is 11.1. The number of unbranched alkanes of at least 4 members (excludes halogenated alkanes) is 1. The second-order valence-electron chi connectivity index (χ2n) is 11.2. The van der Waals surface area contributed by atoms with E-state index in [0.29, 0.717) is 38.9 Å². The molecule has 10 heteroatoms. The van der Waals surface area contributed by atoms with Crippen molar-refractivity contribution in [1.82, 2.24) is 24.6 Å². The molecule has 9 nitrogen and oxygen atoms in total. The highest BCUT2D eigenvalue weighted by Gasteiger charge is 2.29. The summed E-state index contributed by atoms with van der Waals surface area (Å²) in [6.45, 7) is 3.72. The third-order valence-corrected chi connectivity index (χ3v) is 9.08. The Morgan fingerprint density at radius 2 is 1.51 bits per heavy atom. The van der Waals surface area contributed by atoms with E-state index in [1.165, 1.54) is 5.56 Å². The number of piperazine rings is 1. The van der Waals surface area contributed by atoms with Gasteiger partial charge in [-0.2, -0.15) is 0 Å². The lowest BCUT2D eigenvalue weighted by molar-refractivity contribution is -0.142. The number of benzene rings is 3. The van der Waals surface area contributed by atoms with Crippen LogP contribution in [0.3, 0.4) is 0 Å². The summed E-state index contributed by atoms with van der Waals surface area (Å²) < 4.78 is 12.7. The van der Waals surface area contributed by atoms with Gasteiger partial charge in [-0.25, -0.2) is 0 Å². The molecule has 0 radical (unpaired) electrons. The van der Waals surface area contributed by atoms with Crippen LogP contribution in [0.4, 0.5) is 0 Å². The Labute approximate surface area is 269 Å². The Balaban J connectivity index is 1.10. The van der Waals surface area contributed by atoms with Gasteiger partial charge in [0.15, 0.2) is 5.16 Å². The summed E-state index contributed by atoms with van der Waals surface area (Å²) in [5.74, 6) is 3.52. The van der Waals surface area contributed by atoms with E-state index in [-0.39, 0.29) is 17.9 Å². The maximum atomic E-state index is 13.0. The van der Waals surface area contributed by atoms with Crippen molar-refractivity contribution in [2.75, 3.05) is 39.6 Å². The predicted molar refractivity (Wildman–Crippen MR) is 176 cm³/mol. The first-order valence-corrected chi connectivity index (χ1v) is 16.4. The Morgan fingerprint density at radius 3 is 2.18 bits per heavy atom. The van der Waals surface area contributed by atoms with Crippen LogP contribution < -0.4 is 9.47 Å². The lowest BCUT2D eigenvalue weighted by Crippen LogP contribution is -2.55. The Morgan fingerprint density at radius 1 is 0.822 bits per heavy atom. The number of carbonyl (C=O) groups excluding carboxylic acids is 2. The lowest BCUT2D eigenvalue weighted by Gasteiger charge is -2.40. The average Bonchev–Trinajstić information content (AvgIpc) is 3.46. The molecule has 1 atom stereocenters. The SMILES string of the molecule is COc1ccc(CC(=O)N2CCN(C(=O)CCCCSc3nnc(Cc4ccccc4)n3-c3ccc(OC)cc3)CC2C)cc1. The van der Waals surface area contributed by atoms with Crippen molar-refractivity contribution in [2.45, 2.75) is 50.2 Å². The summed E-state index contributed by atoms with van der Waals surface area (Å²) in [5, 5.41) is 9.91. The molecule has 236 valence electrons. The van der Waals surface area contributed by atoms with E-state index in [4.69, 9.17) is 9.47 Å². The highest BCUT2D eigenvalue weighted by molar-refractivity contribution is 7.99. The zero-order valence-electron chi connectivity index (χ0n) is 26.2. The molecular formula is C35H41N5O4S. The molecule has 0 N–H and O–H groups in total. The zero-order valence-corrected chi connectivity index (χ0v) is 27.0. The van der Waals surface area contributed by atoms with Crippen molar-refractivity contribution in [3.63, 3.8) is 0 Å². The molecule has 0 spiro atoms. The van der Waals surface area contributed by atoms with Gasteiger partial charge in [-0.05, 0) is 67.3 Å². The van der Waals surface area contributed by atoms with Gasteiger partial charge in [0, 0.05) is 50.0 Å². The molecule has 4 aromatic rings. The Hall–Kier alpha value is -4.31. The van der Waals surface area contributed by atoms with E-state index >= 15 is 0 Å². The molecule has 1 aromatic heterocycles. The number of nitrogens with zero attached hydrogens (tertiary/aromatic N) is 5. The molecule has 1 saturated heterocycles. The van der Waals surface area contributed by atoms with Crippen LogP contribution in [-0.4, -0.2) is 82.0 Å².